The monoisotopic (exact) mass is 233 g/mol. The number of methoxy groups -OCH3 is 1. The quantitative estimate of drug-likeness (QED) is 0.879. The van der Waals surface area contributed by atoms with Crippen LogP contribution in [0.4, 0.5) is 10.1 Å². The Labute approximate surface area is 98.5 Å². The molecule has 4 nitrogen and oxygen atoms in total. The molecular weight excluding hydrogens is 221 g/mol. The van der Waals surface area contributed by atoms with Crippen LogP contribution < -0.4 is 10.1 Å². The summed E-state index contributed by atoms with van der Waals surface area (Å²) in [5.41, 5.74) is 1.53. The van der Waals surface area contributed by atoms with Gasteiger partial charge in [-0.15, -0.1) is 0 Å². The number of benzene rings is 1. The lowest BCUT2D eigenvalue weighted by atomic mass is 10.2. The van der Waals surface area contributed by atoms with Gasteiger partial charge in [0.15, 0.2) is 0 Å². The normalized spacial score (nSPS) is 10.0. The molecule has 0 saturated heterocycles. The van der Waals surface area contributed by atoms with E-state index in [1.54, 1.807) is 24.7 Å². The third-order valence-corrected chi connectivity index (χ3v) is 2.24. The molecule has 0 spiro atoms. The van der Waals surface area contributed by atoms with E-state index >= 15 is 0 Å². The minimum atomic E-state index is -0.327. The van der Waals surface area contributed by atoms with Crippen molar-refractivity contribution in [3.8, 4) is 5.75 Å². The van der Waals surface area contributed by atoms with Gasteiger partial charge in [0.1, 0.15) is 11.6 Å². The van der Waals surface area contributed by atoms with Crippen molar-refractivity contribution in [3.63, 3.8) is 0 Å². The van der Waals surface area contributed by atoms with Crippen LogP contribution in [-0.4, -0.2) is 17.1 Å². The SMILES string of the molecule is COc1cc(F)ccc1NCc1cnccn1. The minimum absolute atomic E-state index is 0.327. The summed E-state index contributed by atoms with van der Waals surface area (Å²) in [5.74, 6) is 0.140. The largest absolute Gasteiger partial charge is 0.494 e. The molecule has 2 aromatic rings. The van der Waals surface area contributed by atoms with Gasteiger partial charge in [-0.1, -0.05) is 0 Å². The summed E-state index contributed by atoms with van der Waals surface area (Å²) in [6, 6.07) is 4.34. The number of nitrogens with zero attached hydrogens (tertiary/aromatic N) is 2. The molecule has 0 atom stereocenters. The van der Waals surface area contributed by atoms with E-state index in [0.29, 0.717) is 12.3 Å². The summed E-state index contributed by atoms with van der Waals surface area (Å²) in [5, 5.41) is 3.11. The fourth-order valence-corrected chi connectivity index (χ4v) is 1.42. The van der Waals surface area contributed by atoms with Gasteiger partial charge in [0, 0.05) is 18.5 Å². The molecule has 0 bridgehead atoms. The number of ether oxygens (including phenoxy) is 1. The van der Waals surface area contributed by atoms with Crippen LogP contribution in [0.2, 0.25) is 0 Å². The van der Waals surface area contributed by atoms with Crippen LogP contribution in [0.25, 0.3) is 0 Å². The van der Waals surface area contributed by atoms with Crippen molar-refractivity contribution >= 4 is 5.69 Å². The van der Waals surface area contributed by atoms with Gasteiger partial charge in [-0.2, -0.15) is 0 Å². The lowest BCUT2D eigenvalue weighted by Crippen LogP contribution is -2.03. The number of halogens is 1. The Morgan fingerprint density at radius 3 is 2.94 bits per heavy atom. The van der Waals surface area contributed by atoms with Crippen LogP contribution in [-0.2, 0) is 6.54 Å². The maximum atomic E-state index is 13.0. The number of hydrogen-bond donors (Lipinski definition) is 1. The van der Waals surface area contributed by atoms with Crippen molar-refractivity contribution in [2.24, 2.45) is 0 Å². The van der Waals surface area contributed by atoms with E-state index in [0.717, 1.165) is 11.4 Å². The highest BCUT2D eigenvalue weighted by Crippen LogP contribution is 2.25. The van der Waals surface area contributed by atoms with Gasteiger partial charge in [-0.25, -0.2) is 4.39 Å². The van der Waals surface area contributed by atoms with Gasteiger partial charge in [0.2, 0.25) is 0 Å². The maximum absolute atomic E-state index is 13.0. The topological polar surface area (TPSA) is 47.0 Å². The molecule has 1 aromatic heterocycles. The molecule has 0 unspecified atom stereocenters. The molecule has 88 valence electrons. The van der Waals surface area contributed by atoms with E-state index in [1.807, 2.05) is 0 Å². The molecule has 0 aliphatic rings. The van der Waals surface area contributed by atoms with Crippen molar-refractivity contribution in [2.75, 3.05) is 12.4 Å². The van der Waals surface area contributed by atoms with Gasteiger partial charge in [0.05, 0.1) is 31.2 Å². The van der Waals surface area contributed by atoms with Crippen molar-refractivity contribution in [1.29, 1.82) is 0 Å². The van der Waals surface area contributed by atoms with E-state index in [2.05, 4.69) is 15.3 Å². The molecule has 1 aromatic carbocycles. The number of aromatic nitrogens is 2. The highest BCUT2D eigenvalue weighted by molar-refractivity contribution is 5.56. The molecule has 1 heterocycles. The summed E-state index contributed by atoms with van der Waals surface area (Å²) < 4.78 is 18.0. The lowest BCUT2D eigenvalue weighted by molar-refractivity contribution is 0.413. The highest BCUT2D eigenvalue weighted by Gasteiger charge is 2.04. The van der Waals surface area contributed by atoms with Crippen molar-refractivity contribution in [1.82, 2.24) is 9.97 Å². The number of anilines is 1. The van der Waals surface area contributed by atoms with Gasteiger partial charge in [-0.3, -0.25) is 9.97 Å². The number of nitrogens with one attached hydrogen (secondary N) is 1. The predicted octanol–water partition coefficient (Wildman–Crippen LogP) is 2.24. The van der Waals surface area contributed by atoms with E-state index in [9.17, 15) is 4.39 Å². The Kier molecular flexibility index (Phi) is 3.49. The first-order chi connectivity index (χ1) is 8.29. The Balaban J connectivity index is 2.09. The standard InChI is InChI=1S/C12H12FN3O/c1-17-12-6-9(13)2-3-11(12)16-8-10-7-14-4-5-15-10/h2-7,16H,8H2,1H3. The molecule has 1 N–H and O–H groups in total. The van der Waals surface area contributed by atoms with Crippen LogP contribution in [0.3, 0.4) is 0 Å². The highest BCUT2D eigenvalue weighted by atomic mass is 19.1. The molecule has 0 saturated carbocycles. The van der Waals surface area contributed by atoms with Crippen LogP contribution in [0.1, 0.15) is 5.69 Å². The van der Waals surface area contributed by atoms with E-state index < -0.39 is 0 Å². The average Bonchev–Trinajstić information content (AvgIpc) is 2.38. The lowest BCUT2D eigenvalue weighted by Gasteiger charge is -2.10. The maximum Gasteiger partial charge on any atom is 0.144 e. The first-order valence-corrected chi connectivity index (χ1v) is 5.12. The molecular formula is C12H12FN3O. The molecule has 0 amide bonds. The van der Waals surface area contributed by atoms with Crippen LogP contribution in [0.5, 0.6) is 5.75 Å². The minimum Gasteiger partial charge on any atom is -0.494 e. The molecule has 17 heavy (non-hydrogen) atoms. The Bertz CT molecular complexity index is 490. The molecule has 2 rings (SSSR count). The smallest absolute Gasteiger partial charge is 0.144 e. The second-order valence-electron chi connectivity index (χ2n) is 3.39. The Hall–Kier alpha value is -2.17. The van der Waals surface area contributed by atoms with Crippen LogP contribution in [0, 0.1) is 5.82 Å². The summed E-state index contributed by atoms with van der Waals surface area (Å²) >= 11 is 0. The number of rotatable bonds is 4. The predicted molar refractivity (Wildman–Crippen MR) is 62.3 cm³/mol. The van der Waals surface area contributed by atoms with Crippen molar-refractivity contribution in [2.45, 2.75) is 6.54 Å². The molecule has 0 aliphatic heterocycles. The van der Waals surface area contributed by atoms with Crippen molar-refractivity contribution in [3.05, 3.63) is 48.3 Å². The third-order valence-electron chi connectivity index (χ3n) is 2.24. The van der Waals surface area contributed by atoms with Gasteiger partial charge in [-0.05, 0) is 12.1 Å². The van der Waals surface area contributed by atoms with Crippen LogP contribution >= 0.6 is 0 Å². The average molecular weight is 233 g/mol. The first-order valence-electron chi connectivity index (χ1n) is 5.12. The molecule has 0 fully saturated rings. The van der Waals surface area contributed by atoms with Crippen LogP contribution in [0.15, 0.2) is 36.8 Å². The summed E-state index contributed by atoms with van der Waals surface area (Å²) in [4.78, 5) is 8.09. The second-order valence-corrected chi connectivity index (χ2v) is 3.39. The molecule has 0 radical (unpaired) electrons. The number of hydrogen-bond acceptors (Lipinski definition) is 4. The van der Waals surface area contributed by atoms with Gasteiger partial charge >= 0.3 is 0 Å². The first kappa shape index (κ1) is 11.3. The van der Waals surface area contributed by atoms with E-state index in [4.69, 9.17) is 4.74 Å². The fraction of sp³-hybridized carbons (Fsp3) is 0.167. The second kappa shape index (κ2) is 5.25. The molecule has 5 heteroatoms. The molecule has 0 aliphatic carbocycles. The zero-order valence-corrected chi connectivity index (χ0v) is 9.35. The Morgan fingerprint density at radius 2 is 2.24 bits per heavy atom. The van der Waals surface area contributed by atoms with Crippen molar-refractivity contribution < 1.29 is 9.13 Å². The summed E-state index contributed by atoms with van der Waals surface area (Å²) in [6.07, 6.45) is 4.91. The zero-order chi connectivity index (χ0) is 12.1. The third kappa shape index (κ3) is 2.90. The zero-order valence-electron chi connectivity index (χ0n) is 9.35. The summed E-state index contributed by atoms with van der Waals surface area (Å²) in [7, 11) is 1.50. The van der Waals surface area contributed by atoms with Gasteiger partial charge < -0.3 is 10.1 Å². The fourth-order valence-electron chi connectivity index (χ4n) is 1.42. The Morgan fingerprint density at radius 1 is 1.35 bits per heavy atom. The summed E-state index contributed by atoms with van der Waals surface area (Å²) in [6.45, 7) is 0.510. The van der Waals surface area contributed by atoms with E-state index in [1.165, 1.54) is 19.2 Å². The van der Waals surface area contributed by atoms with Gasteiger partial charge in [0.25, 0.3) is 0 Å². The van der Waals surface area contributed by atoms with E-state index in [-0.39, 0.29) is 5.82 Å².